The maximum atomic E-state index is 5.39. The number of H-pyrrole nitrogens is 1. The SMILES string of the molecule is CCc1cccc2c(CCCN3CCOCC3)c[nH]c12. The van der Waals surface area contributed by atoms with Gasteiger partial charge in [0.25, 0.3) is 0 Å². The average Bonchev–Trinajstić information content (AvgIpc) is 2.92. The highest BCUT2D eigenvalue weighted by molar-refractivity contribution is 5.86. The number of fused-ring (bicyclic) bond motifs is 1. The summed E-state index contributed by atoms with van der Waals surface area (Å²) in [5.41, 5.74) is 4.21. The Balaban J connectivity index is 1.62. The van der Waals surface area contributed by atoms with Crippen LogP contribution in [0.15, 0.2) is 24.4 Å². The maximum absolute atomic E-state index is 5.39. The fraction of sp³-hybridized carbons (Fsp3) is 0.529. The fourth-order valence-corrected chi connectivity index (χ4v) is 3.09. The van der Waals surface area contributed by atoms with Crippen molar-refractivity contribution >= 4 is 10.9 Å². The van der Waals surface area contributed by atoms with Crippen LogP contribution in [0.4, 0.5) is 0 Å². The molecule has 0 amide bonds. The third kappa shape index (κ3) is 2.89. The molecule has 3 heteroatoms. The molecule has 2 aromatic rings. The summed E-state index contributed by atoms with van der Waals surface area (Å²) in [6, 6.07) is 6.64. The van der Waals surface area contributed by atoms with Gasteiger partial charge < -0.3 is 9.72 Å². The molecule has 108 valence electrons. The third-order valence-corrected chi connectivity index (χ3v) is 4.29. The van der Waals surface area contributed by atoms with Crippen LogP contribution in [0.3, 0.4) is 0 Å². The molecule has 0 saturated carbocycles. The smallest absolute Gasteiger partial charge is 0.0594 e. The first-order valence-corrected chi connectivity index (χ1v) is 7.76. The number of para-hydroxylation sites is 1. The number of hydrogen-bond donors (Lipinski definition) is 1. The normalized spacial score (nSPS) is 16.9. The largest absolute Gasteiger partial charge is 0.379 e. The Morgan fingerprint density at radius 1 is 1.20 bits per heavy atom. The summed E-state index contributed by atoms with van der Waals surface area (Å²) in [5.74, 6) is 0. The Morgan fingerprint density at radius 2 is 2.05 bits per heavy atom. The van der Waals surface area contributed by atoms with Gasteiger partial charge in [-0.25, -0.2) is 0 Å². The van der Waals surface area contributed by atoms with Gasteiger partial charge in [-0.15, -0.1) is 0 Å². The summed E-state index contributed by atoms with van der Waals surface area (Å²) in [6.07, 6.45) is 5.67. The molecule has 0 aliphatic carbocycles. The number of morpholine rings is 1. The molecule has 1 N–H and O–H groups in total. The van der Waals surface area contributed by atoms with E-state index in [1.807, 2.05) is 0 Å². The molecule has 3 rings (SSSR count). The van der Waals surface area contributed by atoms with E-state index in [1.165, 1.54) is 35.0 Å². The topological polar surface area (TPSA) is 28.3 Å². The predicted molar refractivity (Wildman–Crippen MR) is 83.3 cm³/mol. The third-order valence-electron chi connectivity index (χ3n) is 4.29. The molecule has 2 heterocycles. The Kier molecular flexibility index (Phi) is 4.38. The van der Waals surface area contributed by atoms with Crippen molar-refractivity contribution in [3.8, 4) is 0 Å². The first-order valence-electron chi connectivity index (χ1n) is 7.76. The highest BCUT2D eigenvalue weighted by Crippen LogP contribution is 2.23. The maximum Gasteiger partial charge on any atom is 0.0594 e. The summed E-state index contributed by atoms with van der Waals surface area (Å²) >= 11 is 0. The number of aryl methyl sites for hydroxylation is 2. The average molecular weight is 272 g/mol. The van der Waals surface area contributed by atoms with Crippen LogP contribution in [-0.4, -0.2) is 42.7 Å². The minimum Gasteiger partial charge on any atom is -0.379 e. The molecule has 3 nitrogen and oxygen atoms in total. The van der Waals surface area contributed by atoms with E-state index in [0.29, 0.717) is 0 Å². The zero-order chi connectivity index (χ0) is 13.8. The molecule has 0 atom stereocenters. The summed E-state index contributed by atoms with van der Waals surface area (Å²) in [6.45, 7) is 7.37. The van der Waals surface area contributed by atoms with E-state index in [2.05, 4.69) is 41.2 Å². The molecule has 1 aliphatic rings. The molecule has 1 aliphatic heterocycles. The van der Waals surface area contributed by atoms with E-state index in [9.17, 15) is 0 Å². The van der Waals surface area contributed by atoms with Gasteiger partial charge in [-0.3, -0.25) is 4.90 Å². The van der Waals surface area contributed by atoms with Crippen molar-refractivity contribution in [1.82, 2.24) is 9.88 Å². The second-order valence-electron chi connectivity index (χ2n) is 5.56. The van der Waals surface area contributed by atoms with Gasteiger partial charge in [0.05, 0.1) is 13.2 Å². The van der Waals surface area contributed by atoms with Gasteiger partial charge in [0.2, 0.25) is 0 Å². The zero-order valence-electron chi connectivity index (χ0n) is 12.3. The van der Waals surface area contributed by atoms with Gasteiger partial charge in [0.15, 0.2) is 0 Å². The van der Waals surface area contributed by atoms with E-state index < -0.39 is 0 Å². The van der Waals surface area contributed by atoms with Gasteiger partial charge in [0, 0.05) is 30.2 Å². The number of benzene rings is 1. The summed E-state index contributed by atoms with van der Waals surface area (Å²) in [4.78, 5) is 5.97. The van der Waals surface area contributed by atoms with Gasteiger partial charge in [-0.1, -0.05) is 25.1 Å². The zero-order valence-corrected chi connectivity index (χ0v) is 12.3. The molecule has 0 unspecified atom stereocenters. The summed E-state index contributed by atoms with van der Waals surface area (Å²) in [5, 5.41) is 1.41. The van der Waals surface area contributed by atoms with E-state index in [0.717, 1.165) is 39.1 Å². The monoisotopic (exact) mass is 272 g/mol. The Labute approximate surface area is 120 Å². The van der Waals surface area contributed by atoms with Crippen molar-refractivity contribution in [2.75, 3.05) is 32.8 Å². The number of rotatable bonds is 5. The van der Waals surface area contributed by atoms with Crippen LogP contribution in [0.2, 0.25) is 0 Å². The fourth-order valence-electron chi connectivity index (χ4n) is 3.09. The van der Waals surface area contributed by atoms with Crippen LogP contribution >= 0.6 is 0 Å². The van der Waals surface area contributed by atoms with Gasteiger partial charge in [0.1, 0.15) is 0 Å². The minimum absolute atomic E-state index is 0.896. The molecule has 1 aromatic heterocycles. The second kappa shape index (κ2) is 6.42. The molecule has 0 bridgehead atoms. The van der Waals surface area contributed by atoms with E-state index in [1.54, 1.807) is 0 Å². The van der Waals surface area contributed by atoms with Crippen LogP contribution in [0, 0.1) is 0 Å². The number of hydrogen-bond acceptors (Lipinski definition) is 2. The van der Waals surface area contributed by atoms with Crippen molar-refractivity contribution in [3.63, 3.8) is 0 Å². The highest BCUT2D eigenvalue weighted by atomic mass is 16.5. The first kappa shape index (κ1) is 13.7. The summed E-state index contributed by atoms with van der Waals surface area (Å²) < 4.78 is 5.39. The molecule has 0 radical (unpaired) electrons. The number of nitrogens with zero attached hydrogens (tertiary/aromatic N) is 1. The minimum atomic E-state index is 0.896. The van der Waals surface area contributed by atoms with Crippen molar-refractivity contribution < 1.29 is 4.74 Å². The molecule has 1 aromatic carbocycles. The van der Waals surface area contributed by atoms with E-state index >= 15 is 0 Å². The van der Waals surface area contributed by atoms with Crippen molar-refractivity contribution in [1.29, 1.82) is 0 Å². The number of nitrogens with one attached hydrogen (secondary N) is 1. The van der Waals surface area contributed by atoms with E-state index in [-0.39, 0.29) is 0 Å². The molecule has 20 heavy (non-hydrogen) atoms. The molecule has 1 fully saturated rings. The standard InChI is InChI=1S/C17H24N2O/c1-2-14-5-3-7-16-15(13-18-17(14)16)6-4-8-19-9-11-20-12-10-19/h3,5,7,13,18H,2,4,6,8-12H2,1H3. The van der Waals surface area contributed by atoms with Gasteiger partial charge in [-0.05, 0) is 36.9 Å². The lowest BCUT2D eigenvalue weighted by Gasteiger charge is -2.26. The molecular weight excluding hydrogens is 248 g/mol. The van der Waals surface area contributed by atoms with E-state index in [4.69, 9.17) is 4.74 Å². The lowest BCUT2D eigenvalue weighted by atomic mass is 10.0. The van der Waals surface area contributed by atoms with Crippen molar-refractivity contribution in [3.05, 3.63) is 35.5 Å². The Hall–Kier alpha value is -1.32. The van der Waals surface area contributed by atoms with Crippen molar-refractivity contribution in [2.24, 2.45) is 0 Å². The Morgan fingerprint density at radius 3 is 2.85 bits per heavy atom. The highest BCUT2D eigenvalue weighted by Gasteiger charge is 2.11. The lowest BCUT2D eigenvalue weighted by molar-refractivity contribution is 0.0375. The van der Waals surface area contributed by atoms with Crippen LogP contribution in [0.5, 0.6) is 0 Å². The second-order valence-corrected chi connectivity index (χ2v) is 5.56. The Bertz CT molecular complexity index is 555. The first-order chi connectivity index (χ1) is 9.88. The van der Waals surface area contributed by atoms with Crippen LogP contribution in [0.25, 0.3) is 10.9 Å². The van der Waals surface area contributed by atoms with Crippen LogP contribution in [0.1, 0.15) is 24.5 Å². The molecule has 1 saturated heterocycles. The van der Waals surface area contributed by atoms with Gasteiger partial charge in [-0.2, -0.15) is 0 Å². The number of aromatic nitrogens is 1. The van der Waals surface area contributed by atoms with Crippen LogP contribution < -0.4 is 0 Å². The lowest BCUT2D eigenvalue weighted by Crippen LogP contribution is -2.36. The summed E-state index contributed by atoms with van der Waals surface area (Å²) in [7, 11) is 0. The van der Waals surface area contributed by atoms with Crippen molar-refractivity contribution in [2.45, 2.75) is 26.2 Å². The molecule has 0 spiro atoms. The van der Waals surface area contributed by atoms with Gasteiger partial charge >= 0.3 is 0 Å². The van der Waals surface area contributed by atoms with Crippen LogP contribution in [-0.2, 0) is 17.6 Å². The number of ether oxygens (including phenoxy) is 1. The molecular formula is C17H24N2O. The predicted octanol–water partition coefficient (Wildman–Crippen LogP) is 3.00. The number of aromatic amines is 1. The quantitative estimate of drug-likeness (QED) is 0.906.